The van der Waals surface area contributed by atoms with E-state index >= 15 is 0 Å². The second kappa shape index (κ2) is 5.11. The van der Waals surface area contributed by atoms with Gasteiger partial charge in [-0.2, -0.15) is 0 Å². The molecule has 2 atom stereocenters. The fourth-order valence-electron chi connectivity index (χ4n) is 2.73. The number of hydrogen-bond donors (Lipinski definition) is 1. The van der Waals surface area contributed by atoms with Crippen LogP contribution in [0.1, 0.15) is 42.5 Å². The average Bonchev–Trinajstić information content (AvgIpc) is 2.80. The predicted molar refractivity (Wildman–Crippen MR) is 71.3 cm³/mol. The van der Waals surface area contributed by atoms with E-state index in [1.807, 2.05) is 11.0 Å². The van der Waals surface area contributed by atoms with E-state index in [1.165, 1.54) is 16.7 Å². The van der Waals surface area contributed by atoms with Gasteiger partial charge in [-0.3, -0.25) is 4.79 Å². The van der Waals surface area contributed by atoms with Crippen LogP contribution in [-0.4, -0.2) is 28.6 Å². The Labute approximate surface area is 108 Å². The average molecular weight is 247 g/mol. The number of carbonyl (C=O) groups is 1. The molecule has 0 aromatic heterocycles. The maximum Gasteiger partial charge on any atom is 0.251 e. The van der Waals surface area contributed by atoms with Crippen molar-refractivity contribution in [3.05, 3.63) is 34.9 Å². The zero-order valence-electron chi connectivity index (χ0n) is 11.3. The van der Waals surface area contributed by atoms with Crippen LogP contribution >= 0.6 is 0 Å². The van der Waals surface area contributed by atoms with Gasteiger partial charge in [0, 0.05) is 6.54 Å². The van der Waals surface area contributed by atoms with Crippen molar-refractivity contribution < 1.29 is 9.90 Å². The summed E-state index contributed by atoms with van der Waals surface area (Å²) in [5.74, 6) is -0.154. The summed E-state index contributed by atoms with van der Waals surface area (Å²) in [4.78, 5) is 13.8. The number of aryl methyl sites for hydroxylation is 1. The van der Waals surface area contributed by atoms with Crippen LogP contribution in [0.2, 0.25) is 0 Å². The van der Waals surface area contributed by atoms with E-state index in [2.05, 4.69) is 26.0 Å². The highest BCUT2D eigenvalue weighted by atomic mass is 16.3. The molecule has 1 amide bonds. The van der Waals surface area contributed by atoms with E-state index in [-0.39, 0.29) is 11.9 Å². The molecule has 0 bridgehead atoms. The van der Waals surface area contributed by atoms with Gasteiger partial charge in [0.2, 0.25) is 0 Å². The van der Waals surface area contributed by atoms with Crippen LogP contribution in [0.25, 0.3) is 0 Å². The molecule has 1 fully saturated rings. The van der Waals surface area contributed by atoms with Crippen molar-refractivity contribution in [2.75, 3.05) is 6.54 Å². The van der Waals surface area contributed by atoms with Gasteiger partial charge in [0.25, 0.3) is 5.91 Å². The van der Waals surface area contributed by atoms with Crippen LogP contribution in [0.15, 0.2) is 18.2 Å². The first-order valence-electron chi connectivity index (χ1n) is 6.57. The standard InChI is InChI=1S/C15H21NO2/c1-10-6-4-7-13(11(10)2)14-8-5-9-16(14)15(18)12(3)17/h4,6-7,12,14,17H,5,8-9H2,1-3H3. The first-order valence-corrected chi connectivity index (χ1v) is 6.57. The first kappa shape index (κ1) is 13.1. The second-order valence-electron chi connectivity index (χ2n) is 5.15. The quantitative estimate of drug-likeness (QED) is 0.871. The van der Waals surface area contributed by atoms with Crippen molar-refractivity contribution in [2.45, 2.75) is 45.8 Å². The molecule has 0 spiro atoms. The van der Waals surface area contributed by atoms with Crippen molar-refractivity contribution in [3.8, 4) is 0 Å². The van der Waals surface area contributed by atoms with Crippen LogP contribution < -0.4 is 0 Å². The fourth-order valence-corrected chi connectivity index (χ4v) is 2.73. The Hall–Kier alpha value is -1.35. The zero-order chi connectivity index (χ0) is 13.3. The highest BCUT2D eigenvalue weighted by molar-refractivity contribution is 5.81. The highest BCUT2D eigenvalue weighted by Crippen LogP contribution is 2.34. The van der Waals surface area contributed by atoms with Crippen LogP contribution in [-0.2, 0) is 4.79 Å². The van der Waals surface area contributed by atoms with E-state index in [1.54, 1.807) is 6.92 Å². The van der Waals surface area contributed by atoms with Gasteiger partial charge < -0.3 is 10.0 Å². The number of hydrogen-bond acceptors (Lipinski definition) is 2. The lowest BCUT2D eigenvalue weighted by Gasteiger charge is -2.27. The molecule has 1 N–H and O–H groups in total. The summed E-state index contributed by atoms with van der Waals surface area (Å²) >= 11 is 0. The molecule has 1 aromatic carbocycles. The Morgan fingerprint density at radius 1 is 1.44 bits per heavy atom. The van der Waals surface area contributed by atoms with Crippen LogP contribution in [0.5, 0.6) is 0 Å². The number of carbonyl (C=O) groups excluding carboxylic acids is 1. The molecule has 1 aliphatic rings. The van der Waals surface area contributed by atoms with Crippen molar-refractivity contribution in [2.24, 2.45) is 0 Å². The lowest BCUT2D eigenvalue weighted by atomic mass is 9.96. The van der Waals surface area contributed by atoms with E-state index in [9.17, 15) is 9.90 Å². The maximum absolute atomic E-state index is 12.0. The van der Waals surface area contributed by atoms with Crippen LogP contribution in [0.4, 0.5) is 0 Å². The molecule has 0 aliphatic carbocycles. The van der Waals surface area contributed by atoms with Crippen molar-refractivity contribution in [1.82, 2.24) is 4.90 Å². The van der Waals surface area contributed by atoms with Gasteiger partial charge in [-0.05, 0) is 50.3 Å². The van der Waals surface area contributed by atoms with Gasteiger partial charge in [-0.25, -0.2) is 0 Å². The summed E-state index contributed by atoms with van der Waals surface area (Å²) in [5.41, 5.74) is 3.73. The monoisotopic (exact) mass is 247 g/mol. The molecule has 0 radical (unpaired) electrons. The number of nitrogens with zero attached hydrogens (tertiary/aromatic N) is 1. The molecular weight excluding hydrogens is 226 g/mol. The molecule has 3 heteroatoms. The number of benzene rings is 1. The summed E-state index contributed by atoms with van der Waals surface area (Å²) in [5, 5.41) is 9.48. The third kappa shape index (κ3) is 2.27. The van der Waals surface area contributed by atoms with E-state index in [0.29, 0.717) is 0 Å². The lowest BCUT2D eigenvalue weighted by molar-refractivity contribution is -0.140. The molecule has 1 saturated heterocycles. The molecule has 3 nitrogen and oxygen atoms in total. The van der Waals surface area contributed by atoms with E-state index < -0.39 is 6.10 Å². The summed E-state index contributed by atoms with van der Waals surface area (Å²) < 4.78 is 0. The van der Waals surface area contributed by atoms with Gasteiger partial charge >= 0.3 is 0 Å². The Kier molecular flexibility index (Phi) is 3.71. The number of amides is 1. The molecule has 2 rings (SSSR count). The third-order valence-electron chi connectivity index (χ3n) is 3.90. The minimum absolute atomic E-state index is 0.131. The van der Waals surface area contributed by atoms with Gasteiger partial charge in [0.05, 0.1) is 6.04 Å². The maximum atomic E-state index is 12.0. The van der Waals surface area contributed by atoms with Gasteiger partial charge in [-0.15, -0.1) is 0 Å². The molecule has 1 aromatic rings. The van der Waals surface area contributed by atoms with Crippen molar-refractivity contribution in [3.63, 3.8) is 0 Å². The first-order chi connectivity index (χ1) is 8.52. The Morgan fingerprint density at radius 3 is 2.83 bits per heavy atom. The van der Waals surface area contributed by atoms with E-state index in [4.69, 9.17) is 0 Å². The predicted octanol–water partition coefficient (Wildman–Crippen LogP) is 2.35. The summed E-state index contributed by atoms with van der Waals surface area (Å²) in [6.45, 7) is 6.49. The highest BCUT2D eigenvalue weighted by Gasteiger charge is 2.32. The number of aliphatic hydroxyl groups is 1. The smallest absolute Gasteiger partial charge is 0.251 e. The minimum Gasteiger partial charge on any atom is -0.384 e. The van der Waals surface area contributed by atoms with E-state index in [0.717, 1.165) is 19.4 Å². The van der Waals surface area contributed by atoms with Crippen LogP contribution in [0, 0.1) is 13.8 Å². The van der Waals surface area contributed by atoms with Crippen molar-refractivity contribution >= 4 is 5.91 Å². The number of aliphatic hydroxyl groups excluding tert-OH is 1. The molecule has 18 heavy (non-hydrogen) atoms. The summed E-state index contributed by atoms with van der Waals surface area (Å²) in [7, 11) is 0. The third-order valence-corrected chi connectivity index (χ3v) is 3.90. The number of likely N-dealkylation sites (tertiary alicyclic amines) is 1. The molecule has 1 aliphatic heterocycles. The largest absolute Gasteiger partial charge is 0.384 e. The second-order valence-corrected chi connectivity index (χ2v) is 5.15. The number of rotatable bonds is 2. The SMILES string of the molecule is Cc1cccc(C2CCCN2C(=O)C(C)O)c1C. The fraction of sp³-hybridized carbons (Fsp3) is 0.533. The van der Waals surface area contributed by atoms with Gasteiger partial charge in [-0.1, -0.05) is 18.2 Å². The Bertz CT molecular complexity index is 454. The summed E-state index contributed by atoms with van der Waals surface area (Å²) in [6, 6.07) is 6.36. The minimum atomic E-state index is -0.907. The topological polar surface area (TPSA) is 40.5 Å². The molecule has 1 heterocycles. The van der Waals surface area contributed by atoms with Gasteiger partial charge in [0.15, 0.2) is 0 Å². The van der Waals surface area contributed by atoms with Gasteiger partial charge in [0.1, 0.15) is 6.10 Å². The molecule has 98 valence electrons. The Balaban J connectivity index is 2.32. The lowest BCUT2D eigenvalue weighted by Crippen LogP contribution is -2.37. The van der Waals surface area contributed by atoms with Crippen molar-refractivity contribution in [1.29, 1.82) is 0 Å². The summed E-state index contributed by atoms with van der Waals surface area (Å²) in [6.07, 6.45) is 1.09. The molecular formula is C15H21NO2. The molecule has 2 unspecified atom stereocenters. The zero-order valence-corrected chi connectivity index (χ0v) is 11.3. The van der Waals surface area contributed by atoms with Crippen LogP contribution in [0.3, 0.4) is 0 Å². The Morgan fingerprint density at radius 2 is 2.17 bits per heavy atom. The molecule has 0 saturated carbocycles. The normalized spacial score (nSPS) is 21.1.